The van der Waals surface area contributed by atoms with Crippen LogP contribution in [-0.4, -0.2) is 19.7 Å². The van der Waals surface area contributed by atoms with Gasteiger partial charge in [0.25, 0.3) is 5.89 Å². The van der Waals surface area contributed by atoms with Crippen LogP contribution in [0.4, 0.5) is 13.2 Å². The Hall–Kier alpha value is -4.46. The molecule has 0 fully saturated rings. The van der Waals surface area contributed by atoms with Crippen molar-refractivity contribution in [2.45, 2.75) is 25.8 Å². The van der Waals surface area contributed by atoms with Crippen LogP contribution in [0.15, 0.2) is 83.8 Å². The Labute approximate surface area is 234 Å². The molecule has 0 amide bonds. The van der Waals surface area contributed by atoms with Crippen molar-refractivity contribution in [3.8, 4) is 28.7 Å². The van der Waals surface area contributed by atoms with E-state index in [4.69, 9.17) is 9.26 Å². The summed E-state index contributed by atoms with van der Waals surface area (Å²) in [6.07, 6.45) is -1.66. The second kappa shape index (κ2) is 11.7. The smallest absolute Gasteiger partial charge is 0.359 e. The summed E-state index contributed by atoms with van der Waals surface area (Å²) in [6.45, 7) is 1.95. The Balaban J connectivity index is 0.00000370. The Kier molecular flexibility index (Phi) is 8.38. The summed E-state index contributed by atoms with van der Waals surface area (Å²) in [5, 5.41) is 13.7. The third-order valence-electron chi connectivity index (χ3n) is 6.33. The summed E-state index contributed by atoms with van der Waals surface area (Å²) in [5.74, 6) is 0.310. The number of imidazole rings is 1. The first-order chi connectivity index (χ1) is 18.7. The van der Waals surface area contributed by atoms with Gasteiger partial charge < -0.3 is 13.8 Å². The fraction of sp³-hybridized carbons (Fsp3) is 0.172. The summed E-state index contributed by atoms with van der Waals surface area (Å²) < 4.78 is 52.0. The van der Waals surface area contributed by atoms with Crippen molar-refractivity contribution in [2.75, 3.05) is 0 Å². The highest BCUT2D eigenvalue weighted by atomic mass is 35.5. The maximum absolute atomic E-state index is 12.9. The molecule has 0 radical (unpaired) electrons. The van der Waals surface area contributed by atoms with E-state index < -0.39 is 17.8 Å². The number of ether oxygens (including phenoxy) is 1. The number of aromatic nitrogens is 4. The molecule has 3 aromatic carbocycles. The van der Waals surface area contributed by atoms with Gasteiger partial charge in [0.2, 0.25) is 0 Å². The Bertz CT molecular complexity index is 1660. The quantitative estimate of drug-likeness (QED) is 0.210. The van der Waals surface area contributed by atoms with Crippen LogP contribution in [0, 0.1) is 18.3 Å². The normalized spacial score (nSPS) is 12.0. The van der Waals surface area contributed by atoms with Crippen molar-refractivity contribution in [3.05, 3.63) is 113 Å². The second-order valence-corrected chi connectivity index (χ2v) is 8.94. The van der Waals surface area contributed by atoms with Crippen LogP contribution < -0.4 is 0 Å². The molecule has 0 saturated carbocycles. The molecule has 11 heteroatoms. The molecule has 1 unspecified atom stereocenters. The second-order valence-electron chi connectivity index (χ2n) is 8.94. The van der Waals surface area contributed by atoms with Gasteiger partial charge in [0.1, 0.15) is 12.7 Å². The monoisotopic (exact) mass is 565 g/mol. The molecule has 0 saturated heterocycles. The van der Waals surface area contributed by atoms with Gasteiger partial charge >= 0.3 is 6.18 Å². The number of aryl methyl sites for hydroxylation is 2. The zero-order valence-electron chi connectivity index (χ0n) is 21.4. The Morgan fingerprint density at radius 3 is 2.45 bits per heavy atom. The van der Waals surface area contributed by atoms with Crippen LogP contribution >= 0.6 is 12.4 Å². The third kappa shape index (κ3) is 5.91. The first-order valence-electron chi connectivity index (χ1n) is 11.9. The van der Waals surface area contributed by atoms with Gasteiger partial charge in [0.05, 0.1) is 35.4 Å². The first-order valence-corrected chi connectivity index (χ1v) is 11.9. The van der Waals surface area contributed by atoms with E-state index in [0.29, 0.717) is 11.1 Å². The fourth-order valence-electron chi connectivity index (χ4n) is 4.28. The van der Waals surface area contributed by atoms with Gasteiger partial charge in [-0.3, -0.25) is 0 Å². The van der Waals surface area contributed by atoms with Crippen LogP contribution in [0.2, 0.25) is 0 Å². The van der Waals surface area contributed by atoms with Gasteiger partial charge in [0, 0.05) is 18.2 Å². The molecule has 7 nitrogen and oxygen atoms in total. The first kappa shape index (κ1) is 28.5. The summed E-state index contributed by atoms with van der Waals surface area (Å²) in [6, 6.07) is 20.1. The lowest BCUT2D eigenvalue weighted by Crippen LogP contribution is -2.11. The molecule has 2 heterocycles. The summed E-state index contributed by atoms with van der Waals surface area (Å²) in [7, 11) is 1.85. The predicted molar refractivity (Wildman–Crippen MR) is 143 cm³/mol. The molecule has 0 N–H and O–H groups in total. The van der Waals surface area contributed by atoms with Crippen LogP contribution in [0.1, 0.15) is 39.9 Å². The zero-order chi connectivity index (χ0) is 27.6. The van der Waals surface area contributed by atoms with E-state index in [0.717, 1.165) is 40.1 Å². The highest BCUT2D eigenvalue weighted by Crippen LogP contribution is 2.34. The van der Waals surface area contributed by atoms with Crippen molar-refractivity contribution in [2.24, 2.45) is 7.05 Å². The summed E-state index contributed by atoms with van der Waals surface area (Å²) >= 11 is 0. The lowest BCUT2D eigenvalue weighted by molar-refractivity contribution is -0.137. The predicted octanol–water partition coefficient (Wildman–Crippen LogP) is 7.06. The van der Waals surface area contributed by atoms with Gasteiger partial charge in [-0.2, -0.15) is 23.4 Å². The van der Waals surface area contributed by atoms with Crippen molar-refractivity contribution in [3.63, 3.8) is 0 Å². The minimum absolute atomic E-state index is 0. The molecule has 5 rings (SSSR count). The van der Waals surface area contributed by atoms with Crippen molar-refractivity contribution in [1.82, 2.24) is 19.7 Å². The number of nitriles is 1. The largest absolute Gasteiger partial charge is 0.416 e. The van der Waals surface area contributed by atoms with E-state index in [-0.39, 0.29) is 30.7 Å². The van der Waals surface area contributed by atoms with E-state index in [1.165, 1.54) is 12.1 Å². The highest BCUT2D eigenvalue weighted by molar-refractivity contribution is 5.85. The minimum atomic E-state index is -4.43. The van der Waals surface area contributed by atoms with Crippen molar-refractivity contribution >= 4 is 12.4 Å². The lowest BCUT2D eigenvalue weighted by atomic mass is 9.93. The average Bonchev–Trinajstić information content (AvgIpc) is 3.58. The van der Waals surface area contributed by atoms with E-state index in [2.05, 4.69) is 21.2 Å². The lowest BCUT2D eigenvalue weighted by Gasteiger charge is -2.20. The topological polar surface area (TPSA) is 89.8 Å². The minimum Gasteiger partial charge on any atom is -0.359 e. The van der Waals surface area contributed by atoms with Gasteiger partial charge in [-0.15, -0.1) is 12.4 Å². The number of nitrogens with zero attached hydrogens (tertiary/aromatic N) is 5. The van der Waals surface area contributed by atoms with Crippen LogP contribution in [-0.2, 0) is 24.6 Å². The summed E-state index contributed by atoms with van der Waals surface area (Å²) in [4.78, 5) is 8.52. The zero-order valence-corrected chi connectivity index (χ0v) is 22.2. The maximum atomic E-state index is 12.9. The molecular weight excluding hydrogens is 543 g/mol. The highest BCUT2D eigenvalue weighted by Gasteiger charge is 2.30. The van der Waals surface area contributed by atoms with Crippen LogP contribution in [0.5, 0.6) is 0 Å². The van der Waals surface area contributed by atoms with E-state index >= 15 is 0 Å². The van der Waals surface area contributed by atoms with Crippen LogP contribution in [0.25, 0.3) is 22.6 Å². The van der Waals surface area contributed by atoms with Gasteiger partial charge in [0.15, 0.2) is 5.82 Å². The van der Waals surface area contributed by atoms with E-state index in [1.54, 1.807) is 18.6 Å². The van der Waals surface area contributed by atoms with Crippen molar-refractivity contribution < 1.29 is 22.4 Å². The molecule has 5 aromatic rings. The Morgan fingerprint density at radius 1 is 1.05 bits per heavy atom. The average molecular weight is 566 g/mol. The number of benzene rings is 3. The SMILES string of the molecule is Cc1ccccc1-c1cc(C(OCc2noc(-c3ccc(C(F)(F)F)cc3)n2)c2cncn2C)ccc1C#N.Cl. The summed E-state index contributed by atoms with van der Waals surface area (Å²) in [5.41, 5.74) is 4.46. The maximum Gasteiger partial charge on any atom is 0.416 e. The number of halogens is 4. The molecule has 2 aromatic heterocycles. The molecule has 0 bridgehead atoms. The molecule has 0 aliphatic heterocycles. The molecule has 0 aliphatic carbocycles. The third-order valence-corrected chi connectivity index (χ3v) is 6.33. The molecule has 1 atom stereocenters. The number of rotatable bonds is 7. The van der Waals surface area contributed by atoms with E-state index in [9.17, 15) is 18.4 Å². The van der Waals surface area contributed by atoms with Gasteiger partial charge in [-0.25, -0.2) is 4.98 Å². The molecular formula is C29H23ClF3N5O2. The molecule has 0 spiro atoms. The Morgan fingerprint density at radius 2 is 1.80 bits per heavy atom. The number of hydrogen-bond donors (Lipinski definition) is 0. The van der Waals surface area contributed by atoms with Crippen LogP contribution in [0.3, 0.4) is 0 Å². The van der Waals surface area contributed by atoms with Gasteiger partial charge in [-0.05, 0) is 60.0 Å². The van der Waals surface area contributed by atoms with E-state index in [1.807, 2.05) is 54.9 Å². The fourth-order valence-corrected chi connectivity index (χ4v) is 4.28. The van der Waals surface area contributed by atoms with Crippen molar-refractivity contribution in [1.29, 1.82) is 5.26 Å². The number of alkyl halides is 3. The molecule has 40 heavy (non-hydrogen) atoms. The van der Waals surface area contributed by atoms with Gasteiger partial charge in [-0.1, -0.05) is 35.5 Å². The molecule has 204 valence electrons. The standard InChI is InChI=1S/C29H22F3N5O2.ClH/c1-18-5-3-4-6-23(18)24-13-20(7-8-21(24)14-33)27(25-15-34-17-37(25)2)38-16-26-35-28(39-36-26)19-9-11-22(12-10-19)29(30,31)32;/h3-13,15,17,27H,16H2,1-2H3;1H. The molecule has 0 aliphatic rings. The number of hydrogen-bond acceptors (Lipinski definition) is 6.